The highest BCUT2D eigenvalue weighted by atomic mass is 19.3. The third-order valence-electron chi connectivity index (χ3n) is 4.12. The molecule has 2 aromatic rings. The molecule has 3 rings (SSSR count). The fraction of sp³-hybridized carbons (Fsp3) is 0.316. The fourth-order valence-electron chi connectivity index (χ4n) is 2.84. The van der Waals surface area contributed by atoms with Crippen molar-refractivity contribution in [1.29, 1.82) is 0 Å². The minimum absolute atomic E-state index is 0.00527. The summed E-state index contributed by atoms with van der Waals surface area (Å²) in [4.78, 5) is 14.3. The van der Waals surface area contributed by atoms with E-state index in [9.17, 15) is 13.6 Å². The highest BCUT2D eigenvalue weighted by Crippen LogP contribution is 2.31. The summed E-state index contributed by atoms with van der Waals surface area (Å²) < 4.78 is 29.4. The van der Waals surface area contributed by atoms with Gasteiger partial charge < -0.3 is 15.0 Å². The van der Waals surface area contributed by atoms with Crippen LogP contribution in [0.2, 0.25) is 0 Å². The van der Waals surface area contributed by atoms with E-state index in [4.69, 9.17) is 4.74 Å². The zero-order valence-electron chi connectivity index (χ0n) is 13.9. The molecule has 1 heterocycles. The molecule has 0 saturated heterocycles. The molecule has 0 bridgehead atoms. The monoisotopic (exact) mass is 346 g/mol. The molecule has 0 spiro atoms. The summed E-state index contributed by atoms with van der Waals surface area (Å²) in [7, 11) is 0. The zero-order chi connectivity index (χ0) is 17.8. The van der Waals surface area contributed by atoms with Crippen molar-refractivity contribution in [2.24, 2.45) is 5.92 Å². The Labute approximate surface area is 145 Å². The van der Waals surface area contributed by atoms with E-state index < -0.39 is 13.0 Å². The van der Waals surface area contributed by atoms with Gasteiger partial charge in [-0.3, -0.25) is 4.79 Å². The number of rotatable bonds is 5. The van der Waals surface area contributed by atoms with Gasteiger partial charge in [-0.15, -0.1) is 0 Å². The smallest absolute Gasteiger partial charge is 0.272 e. The Morgan fingerprint density at radius 2 is 1.92 bits per heavy atom. The number of hydrogen-bond acceptors (Lipinski definition) is 3. The topological polar surface area (TPSA) is 41.6 Å². The number of ether oxygens (including phenoxy) is 1. The van der Waals surface area contributed by atoms with Crippen LogP contribution in [0.25, 0.3) is 0 Å². The van der Waals surface area contributed by atoms with E-state index in [0.29, 0.717) is 18.8 Å². The van der Waals surface area contributed by atoms with E-state index in [2.05, 4.69) is 10.2 Å². The molecule has 6 heteroatoms. The van der Waals surface area contributed by atoms with Gasteiger partial charge in [0.2, 0.25) is 5.91 Å². The maximum absolute atomic E-state index is 12.2. The average molecular weight is 346 g/mol. The van der Waals surface area contributed by atoms with Gasteiger partial charge in [-0.2, -0.15) is 0 Å². The first kappa shape index (κ1) is 17.2. The first-order valence-corrected chi connectivity index (χ1v) is 8.17. The van der Waals surface area contributed by atoms with E-state index in [1.165, 1.54) is 0 Å². The van der Waals surface area contributed by atoms with Gasteiger partial charge in [0.25, 0.3) is 6.43 Å². The largest absolute Gasteiger partial charge is 0.488 e. The number of hydrogen-bond donors (Lipinski definition) is 1. The Balaban J connectivity index is 1.76. The second-order valence-corrected chi connectivity index (χ2v) is 6.13. The Bertz CT molecular complexity index is 734. The van der Waals surface area contributed by atoms with Crippen LogP contribution in [-0.4, -0.2) is 25.5 Å². The summed E-state index contributed by atoms with van der Waals surface area (Å²) in [6, 6.07) is 14.8. The van der Waals surface area contributed by atoms with Crippen LogP contribution in [0.1, 0.15) is 12.5 Å². The number of fused-ring (bicyclic) bond motifs is 1. The summed E-state index contributed by atoms with van der Waals surface area (Å²) >= 11 is 0. The lowest BCUT2D eigenvalue weighted by atomic mass is 10.1. The van der Waals surface area contributed by atoms with Crippen LogP contribution in [0.15, 0.2) is 48.5 Å². The molecule has 0 radical (unpaired) electrons. The molecule has 1 atom stereocenters. The predicted octanol–water partition coefficient (Wildman–Crippen LogP) is 3.93. The van der Waals surface area contributed by atoms with Crippen molar-refractivity contribution in [2.45, 2.75) is 19.9 Å². The molecule has 1 aliphatic heterocycles. The molecule has 0 fully saturated rings. The Morgan fingerprint density at radius 1 is 1.20 bits per heavy atom. The van der Waals surface area contributed by atoms with E-state index in [1.54, 1.807) is 12.1 Å². The van der Waals surface area contributed by atoms with Crippen molar-refractivity contribution in [3.63, 3.8) is 0 Å². The van der Waals surface area contributed by atoms with Crippen molar-refractivity contribution in [2.75, 3.05) is 23.4 Å². The molecule has 0 aromatic heterocycles. The normalized spacial score (nSPS) is 17.0. The van der Waals surface area contributed by atoms with E-state index in [0.717, 1.165) is 16.9 Å². The molecule has 1 N–H and O–H groups in total. The lowest BCUT2D eigenvalue weighted by Gasteiger charge is -2.25. The van der Waals surface area contributed by atoms with Gasteiger partial charge in [-0.25, -0.2) is 8.78 Å². The lowest BCUT2D eigenvalue weighted by molar-refractivity contribution is -0.119. The van der Waals surface area contributed by atoms with Gasteiger partial charge in [0.05, 0.1) is 17.3 Å². The second kappa shape index (κ2) is 7.51. The average Bonchev–Trinajstić information content (AvgIpc) is 2.71. The van der Waals surface area contributed by atoms with Crippen molar-refractivity contribution in [3.05, 3.63) is 54.1 Å². The van der Waals surface area contributed by atoms with Crippen LogP contribution < -0.4 is 15.0 Å². The molecule has 1 aliphatic rings. The summed E-state index contributed by atoms with van der Waals surface area (Å²) in [6.07, 6.45) is -2.49. The number of amides is 1. The van der Waals surface area contributed by atoms with Crippen molar-refractivity contribution in [1.82, 2.24) is 0 Å². The first-order valence-electron chi connectivity index (χ1n) is 8.17. The zero-order valence-corrected chi connectivity index (χ0v) is 13.9. The summed E-state index contributed by atoms with van der Waals surface area (Å²) in [5.74, 6) is 0.289. The summed E-state index contributed by atoms with van der Waals surface area (Å²) in [5.41, 5.74) is 2.78. The molecule has 0 saturated carbocycles. The minimum atomic E-state index is -2.49. The summed E-state index contributed by atoms with van der Waals surface area (Å²) in [5, 5.41) is 2.95. The first-order chi connectivity index (χ1) is 12.0. The van der Waals surface area contributed by atoms with Crippen LogP contribution in [0, 0.1) is 5.92 Å². The highest BCUT2D eigenvalue weighted by molar-refractivity contribution is 5.97. The van der Waals surface area contributed by atoms with Crippen LogP contribution in [0.3, 0.4) is 0 Å². The minimum Gasteiger partial charge on any atom is -0.488 e. The van der Waals surface area contributed by atoms with Crippen LogP contribution in [0.5, 0.6) is 5.75 Å². The maximum atomic E-state index is 12.2. The van der Waals surface area contributed by atoms with Gasteiger partial charge in [0, 0.05) is 13.1 Å². The SMILES string of the molecule is C[C@@H]1CN(Cc2ccc(OCC(F)F)cc2)c2ccccc2NC1=O. The van der Waals surface area contributed by atoms with E-state index >= 15 is 0 Å². The standard InChI is InChI=1S/C19H20F2N2O2/c1-13-10-23(17-5-3-2-4-16(17)22-19(13)24)11-14-6-8-15(9-7-14)25-12-18(20)21/h2-9,13,18H,10-12H2,1H3,(H,22,24)/t13-/m1/s1. The van der Waals surface area contributed by atoms with Crippen molar-refractivity contribution >= 4 is 17.3 Å². The number of nitrogens with zero attached hydrogens (tertiary/aromatic N) is 1. The van der Waals surface area contributed by atoms with Crippen LogP contribution >= 0.6 is 0 Å². The summed E-state index contributed by atoms with van der Waals surface area (Å²) in [6.45, 7) is 2.51. The van der Waals surface area contributed by atoms with Gasteiger partial charge in [-0.1, -0.05) is 31.2 Å². The van der Waals surface area contributed by atoms with Crippen LogP contribution in [-0.2, 0) is 11.3 Å². The number of carbonyl (C=O) groups excluding carboxylic acids is 1. The quantitative estimate of drug-likeness (QED) is 0.892. The number of nitrogens with one attached hydrogen (secondary N) is 1. The second-order valence-electron chi connectivity index (χ2n) is 6.13. The van der Waals surface area contributed by atoms with E-state index in [-0.39, 0.29) is 11.8 Å². The Morgan fingerprint density at radius 3 is 2.64 bits per heavy atom. The molecule has 0 unspecified atom stereocenters. The maximum Gasteiger partial charge on any atom is 0.272 e. The highest BCUT2D eigenvalue weighted by Gasteiger charge is 2.24. The fourth-order valence-corrected chi connectivity index (χ4v) is 2.84. The van der Waals surface area contributed by atoms with Gasteiger partial charge in [0.15, 0.2) is 0 Å². The number of alkyl halides is 2. The van der Waals surface area contributed by atoms with Crippen molar-refractivity contribution in [3.8, 4) is 5.75 Å². The molecule has 2 aromatic carbocycles. The molecule has 25 heavy (non-hydrogen) atoms. The molecule has 1 amide bonds. The van der Waals surface area contributed by atoms with Gasteiger partial charge in [-0.05, 0) is 29.8 Å². The number of para-hydroxylation sites is 2. The molecular weight excluding hydrogens is 326 g/mol. The molecule has 4 nitrogen and oxygen atoms in total. The van der Waals surface area contributed by atoms with Gasteiger partial charge in [0.1, 0.15) is 12.4 Å². The predicted molar refractivity (Wildman–Crippen MR) is 93.2 cm³/mol. The lowest BCUT2D eigenvalue weighted by Crippen LogP contribution is -2.30. The van der Waals surface area contributed by atoms with E-state index in [1.807, 2.05) is 43.3 Å². The van der Waals surface area contributed by atoms with Crippen molar-refractivity contribution < 1.29 is 18.3 Å². The number of anilines is 2. The van der Waals surface area contributed by atoms with Gasteiger partial charge >= 0.3 is 0 Å². The molecular formula is C19H20F2N2O2. The third-order valence-corrected chi connectivity index (χ3v) is 4.12. The Hall–Kier alpha value is -2.63. The molecule has 0 aliphatic carbocycles. The molecule has 132 valence electrons. The third kappa shape index (κ3) is 4.26. The Kier molecular flexibility index (Phi) is 5.16. The van der Waals surface area contributed by atoms with Crippen LogP contribution in [0.4, 0.5) is 20.2 Å². The number of halogens is 2. The number of carbonyl (C=O) groups is 1. The number of benzene rings is 2.